The normalized spacial score (nSPS) is 15.4. The summed E-state index contributed by atoms with van der Waals surface area (Å²) in [7, 11) is 3.90. The van der Waals surface area contributed by atoms with E-state index in [0.717, 1.165) is 49.1 Å². The van der Waals surface area contributed by atoms with Crippen LogP contribution in [-0.2, 0) is 0 Å². The fraction of sp³-hybridized carbons (Fsp3) is 0.257. The van der Waals surface area contributed by atoms with Crippen LogP contribution in [0.2, 0.25) is 0 Å². The number of unbranched alkanes of at least 4 members (excludes halogenated alkanes) is 3. The third-order valence-electron chi connectivity index (χ3n) is 8.06. The maximum absolute atomic E-state index is 8.17. The average Bonchev–Trinajstić information content (AvgIpc) is 3.05. The van der Waals surface area contributed by atoms with Crippen molar-refractivity contribution in [3.63, 3.8) is 0 Å². The molecular formula is C35H42BrClN5OP. The number of halogens is 2. The van der Waals surface area contributed by atoms with Gasteiger partial charge in [-0.05, 0) is 0 Å². The van der Waals surface area contributed by atoms with Crippen LogP contribution in [0.4, 0.5) is 0 Å². The van der Waals surface area contributed by atoms with Crippen molar-refractivity contribution < 1.29 is 26.3 Å². The Balaban J connectivity index is 0.00000442. The molecule has 4 aromatic carbocycles. The van der Waals surface area contributed by atoms with E-state index in [9.17, 15) is 0 Å². The molecule has 0 radical (unpaired) electrons. The SMILES string of the molecule is C[N+](C)=C1NC(N)=NC(c2ccc(OCCCCCCP(Cl)(c3ccccc3)(c3ccccc3)c3ccccc3)cc2)N1.[Br-]. The molecule has 0 saturated carbocycles. The van der Waals surface area contributed by atoms with Gasteiger partial charge in [-0.3, -0.25) is 9.89 Å². The van der Waals surface area contributed by atoms with Crippen LogP contribution in [0.3, 0.4) is 0 Å². The standard InChI is InChI=1S/C35H41ClN5OP.BrH/c1-41(2)35-39-33(38-34(37)40-35)28-22-24-29(25-23-28)42-26-14-3-4-15-27-43(36,30-16-8-5-9-17-30,31-18-10-6-11-19-31)32-20-12-7-13-21-32;/h5-13,16-25,33H,3-4,14-15,26-27H2,1-2H3,(H3,37,38,39,40);1H. The van der Waals surface area contributed by atoms with E-state index in [-0.39, 0.29) is 23.1 Å². The van der Waals surface area contributed by atoms with Crippen LogP contribution in [0, 0.1) is 0 Å². The van der Waals surface area contributed by atoms with Gasteiger partial charge in [-0.2, -0.15) is 4.99 Å². The summed E-state index contributed by atoms with van der Waals surface area (Å²) >= 11 is 8.17. The minimum Gasteiger partial charge on any atom is -1.00 e. The molecule has 232 valence electrons. The number of hydrogen-bond donors (Lipinski definition) is 3. The number of nitrogens with two attached hydrogens (primary N) is 1. The number of nitrogens with zero attached hydrogens (tertiary/aromatic N) is 2. The molecule has 4 aromatic rings. The first kappa shape index (κ1) is 33.5. The smallest absolute Gasteiger partial charge is 0.251 e. The van der Waals surface area contributed by atoms with E-state index in [0.29, 0.717) is 12.6 Å². The van der Waals surface area contributed by atoms with Gasteiger partial charge in [-0.15, -0.1) is 0 Å². The second-order valence-electron chi connectivity index (χ2n) is 11.2. The molecule has 1 aliphatic heterocycles. The molecule has 5 rings (SSSR count). The molecule has 0 bridgehead atoms. The molecule has 1 heterocycles. The summed E-state index contributed by atoms with van der Waals surface area (Å²) in [6, 6.07) is 40.2. The van der Waals surface area contributed by atoms with Gasteiger partial charge in [0.1, 0.15) is 0 Å². The summed E-state index contributed by atoms with van der Waals surface area (Å²) in [6.45, 7) is 0.676. The van der Waals surface area contributed by atoms with E-state index in [1.54, 1.807) is 0 Å². The number of hydrogen-bond acceptors (Lipinski definition) is 3. The number of benzene rings is 4. The van der Waals surface area contributed by atoms with Gasteiger partial charge in [0.15, 0.2) is 0 Å². The van der Waals surface area contributed by atoms with Gasteiger partial charge in [0.25, 0.3) is 5.96 Å². The van der Waals surface area contributed by atoms with Crippen LogP contribution >= 0.6 is 17.2 Å². The van der Waals surface area contributed by atoms with Crippen molar-refractivity contribution in [2.75, 3.05) is 26.9 Å². The van der Waals surface area contributed by atoms with Crippen LogP contribution in [0.5, 0.6) is 5.75 Å². The Hall–Kier alpha value is -3.38. The largest absolute Gasteiger partial charge is 1.00 e. The predicted molar refractivity (Wildman–Crippen MR) is 184 cm³/mol. The van der Waals surface area contributed by atoms with Crippen molar-refractivity contribution >= 4 is 45.0 Å². The number of nitrogens with one attached hydrogen (secondary N) is 2. The number of guanidine groups is 2. The van der Waals surface area contributed by atoms with Gasteiger partial charge < -0.3 is 22.7 Å². The third-order valence-corrected chi connectivity index (χ3v) is 15.6. The van der Waals surface area contributed by atoms with Gasteiger partial charge in [0.2, 0.25) is 0 Å². The van der Waals surface area contributed by atoms with Crippen molar-refractivity contribution in [2.45, 2.75) is 31.8 Å². The van der Waals surface area contributed by atoms with Crippen molar-refractivity contribution in [1.82, 2.24) is 10.6 Å². The average molecular weight is 695 g/mol. The van der Waals surface area contributed by atoms with Gasteiger partial charge >= 0.3 is 215 Å². The van der Waals surface area contributed by atoms with Crippen molar-refractivity contribution in [2.24, 2.45) is 10.7 Å². The second kappa shape index (κ2) is 15.1. The van der Waals surface area contributed by atoms with E-state index >= 15 is 0 Å². The molecule has 0 spiro atoms. The summed E-state index contributed by atoms with van der Waals surface area (Å²) in [5, 5.41) is 10.1. The summed E-state index contributed by atoms with van der Waals surface area (Å²) in [5.41, 5.74) is 7.00. The number of aliphatic imine (C=N–C) groups is 1. The first-order valence-corrected chi connectivity index (χ1v) is 18.2. The minimum atomic E-state index is -3.18. The van der Waals surface area contributed by atoms with E-state index < -0.39 is 5.96 Å². The topological polar surface area (TPSA) is 74.7 Å². The van der Waals surface area contributed by atoms with Crippen LogP contribution in [0.1, 0.15) is 37.4 Å². The second-order valence-corrected chi connectivity index (χ2v) is 17.8. The van der Waals surface area contributed by atoms with Crippen LogP contribution in [0.25, 0.3) is 0 Å². The zero-order valence-corrected chi connectivity index (χ0v) is 28.6. The Labute approximate surface area is 276 Å². The number of rotatable bonds is 12. The predicted octanol–water partition coefficient (Wildman–Crippen LogP) is 2.45. The van der Waals surface area contributed by atoms with E-state index in [1.807, 2.05) is 42.9 Å². The molecule has 0 saturated heterocycles. The maximum atomic E-state index is 8.17. The fourth-order valence-corrected chi connectivity index (χ4v) is 12.0. The Morgan fingerprint density at radius 3 is 1.75 bits per heavy atom. The Bertz CT molecular complexity index is 1450. The zero-order chi connectivity index (χ0) is 30.1. The minimum absolute atomic E-state index is 0. The molecular weight excluding hydrogens is 653 g/mol. The first-order chi connectivity index (χ1) is 20.9. The van der Waals surface area contributed by atoms with E-state index in [4.69, 9.17) is 21.7 Å². The summed E-state index contributed by atoms with van der Waals surface area (Å²) in [6.07, 6.45) is 4.86. The summed E-state index contributed by atoms with van der Waals surface area (Å²) in [4.78, 5) is 4.48. The third kappa shape index (κ3) is 7.28. The summed E-state index contributed by atoms with van der Waals surface area (Å²) in [5.74, 6) is -1.12. The quantitative estimate of drug-likeness (QED) is 0.121. The molecule has 0 aromatic heterocycles. The molecule has 1 unspecified atom stereocenters. The molecule has 1 aliphatic rings. The zero-order valence-electron chi connectivity index (χ0n) is 25.4. The van der Waals surface area contributed by atoms with E-state index in [2.05, 4.69) is 107 Å². The first-order valence-electron chi connectivity index (χ1n) is 14.9. The van der Waals surface area contributed by atoms with Crippen LogP contribution < -0.4 is 54.0 Å². The molecule has 1 atom stereocenters. The molecule has 9 heteroatoms. The van der Waals surface area contributed by atoms with Gasteiger partial charge in [0.05, 0.1) is 14.1 Å². The maximum Gasteiger partial charge on any atom is -0.251 e. The van der Waals surface area contributed by atoms with Crippen molar-refractivity contribution in [3.8, 4) is 5.75 Å². The van der Waals surface area contributed by atoms with Crippen LogP contribution in [-0.4, -0.2) is 43.4 Å². The van der Waals surface area contributed by atoms with Gasteiger partial charge in [-0.25, -0.2) is 5.32 Å². The Morgan fingerprint density at radius 1 is 0.750 bits per heavy atom. The molecule has 6 nitrogen and oxygen atoms in total. The molecule has 0 fully saturated rings. The van der Waals surface area contributed by atoms with Crippen LogP contribution in [0.15, 0.2) is 120 Å². The summed E-state index contributed by atoms with van der Waals surface area (Å²) < 4.78 is 8.02. The number of ether oxygens (including phenoxy) is 1. The van der Waals surface area contributed by atoms with Crippen molar-refractivity contribution in [3.05, 3.63) is 121 Å². The molecule has 4 N–H and O–H groups in total. The molecule has 0 amide bonds. The van der Waals surface area contributed by atoms with Gasteiger partial charge in [0, 0.05) is 0 Å². The van der Waals surface area contributed by atoms with Crippen molar-refractivity contribution in [1.29, 1.82) is 0 Å². The van der Waals surface area contributed by atoms with Gasteiger partial charge in [-0.1, -0.05) is 0 Å². The Morgan fingerprint density at radius 2 is 1.25 bits per heavy atom. The molecule has 0 aliphatic carbocycles. The monoisotopic (exact) mass is 693 g/mol. The Kier molecular flexibility index (Phi) is 11.5. The fourth-order valence-electron chi connectivity index (χ4n) is 5.74. The molecule has 44 heavy (non-hydrogen) atoms. The van der Waals surface area contributed by atoms with E-state index in [1.165, 1.54) is 15.9 Å².